The molecule has 1 aromatic carbocycles. The van der Waals surface area contributed by atoms with Crippen molar-refractivity contribution in [1.29, 1.82) is 0 Å². The van der Waals surface area contributed by atoms with Crippen LogP contribution in [0.2, 0.25) is 0 Å². The Morgan fingerprint density at radius 2 is 2.25 bits per heavy atom. The van der Waals surface area contributed by atoms with Crippen LogP contribution in [0.5, 0.6) is 0 Å². The first kappa shape index (κ1) is 10.4. The molecular formula is C11H12N4O. The summed E-state index contributed by atoms with van der Waals surface area (Å²) in [6.45, 7) is 0.499. The molecule has 0 amide bonds. The number of rotatable bonds is 3. The van der Waals surface area contributed by atoms with Crippen LogP contribution in [0, 0.1) is 0 Å². The molecule has 0 aliphatic heterocycles. The zero-order valence-electron chi connectivity index (χ0n) is 8.60. The van der Waals surface area contributed by atoms with E-state index < -0.39 is 0 Å². The lowest BCUT2D eigenvalue weighted by Crippen LogP contribution is -2.08. The van der Waals surface area contributed by atoms with E-state index in [1.807, 2.05) is 24.3 Å². The number of H-pyrrole nitrogens is 1. The second-order valence-electron chi connectivity index (χ2n) is 3.34. The molecule has 16 heavy (non-hydrogen) atoms. The summed E-state index contributed by atoms with van der Waals surface area (Å²) in [5, 5.41) is 3.12. The number of hydrogen-bond acceptors (Lipinski definition) is 4. The fourth-order valence-corrected chi connectivity index (χ4v) is 1.35. The van der Waals surface area contributed by atoms with Crippen molar-refractivity contribution >= 4 is 11.4 Å². The number of aromatic nitrogens is 2. The van der Waals surface area contributed by atoms with Gasteiger partial charge in [-0.3, -0.25) is 0 Å². The molecule has 82 valence electrons. The van der Waals surface area contributed by atoms with Crippen molar-refractivity contribution in [1.82, 2.24) is 9.97 Å². The summed E-state index contributed by atoms with van der Waals surface area (Å²) >= 11 is 0. The van der Waals surface area contributed by atoms with Crippen molar-refractivity contribution in [2.75, 3.05) is 5.32 Å². The van der Waals surface area contributed by atoms with Gasteiger partial charge in [-0.2, -0.15) is 4.98 Å². The van der Waals surface area contributed by atoms with Gasteiger partial charge >= 0.3 is 5.69 Å². The monoisotopic (exact) mass is 216 g/mol. The maximum absolute atomic E-state index is 10.8. The summed E-state index contributed by atoms with van der Waals surface area (Å²) in [4.78, 5) is 16.9. The molecule has 5 heteroatoms. The molecule has 0 spiro atoms. The SMILES string of the molecule is NCc1cccc(Nc2cnc(=O)[nH]c2)c1. The molecule has 0 fully saturated rings. The second kappa shape index (κ2) is 4.59. The molecule has 2 rings (SSSR count). The Hall–Kier alpha value is -2.14. The zero-order chi connectivity index (χ0) is 11.4. The average Bonchev–Trinajstić information content (AvgIpc) is 2.32. The van der Waals surface area contributed by atoms with Crippen molar-refractivity contribution < 1.29 is 0 Å². The van der Waals surface area contributed by atoms with Crippen molar-refractivity contribution in [3.05, 3.63) is 52.7 Å². The van der Waals surface area contributed by atoms with Crippen LogP contribution < -0.4 is 16.7 Å². The van der Waals surface area contributed by atoms with E-state index in [-0.39, 0.29) is 5.69 Å². The standard InChI is InChI=1S/C11H12N4O/c12-5-8-2-1-3-9(4-8)15-10-6-13-11(16)14-7-10/h1-4,6-7,15H,5,12H2,(H,13,14,16). The van der Waals surface area contributed by atoms with E-state index in [9.17, 15) is 4.79 Å². The van der Waals surface area contributed by atoms with Gasteiger partial charge in [0.2, 0.25) is 0 Å². The molecule has 2 aromatic rings. The van der Waals surface area contributed by atoms with Gasteiger partial charge in [0, 0.05) is 18.4 Å². The highest BCUT2D eigenvalue weighted by Gasteiger charge is 1.96. The van der Waals surface area contributed by atoms with Gasteiger partial charge in [-0.15, -0.1) is 0 Å². The minimum Gasteiger partial charge on any atom is -0.353 e. The molecule has 1 heterocycles. The maximum atomic E-state index is 10.8. The highest BCUT2D eigenvalue weighted by atomic mass is 16.1. The lowest BCUT2D eigenvalue weighted by Gasteiger charge is -2.06. The second-order valence-corrected chi connectivity index (χ2v) is 3.34. The molecule has 0 atom stereocenters. The van der Waals surface area contributed by atoms with Gasteiger partial charge in [-0.1, -0.05) is 12.1 Å². The van der Waals surface area contributed by atoms with Crippen LogP contribution in [-0.4, -0.2) is 9.97 Å². The first-order chi connectivity index (χ1) is 7.78. The summed E-state index contributed by atoms with van der Waals surface area (Å²) < 4.78 is 0. The molecular weight excluding hydrogens is 204 g/mol. The maximum Gasteiger partial charge on any atom is 0.345 e. The third kappa shape index (κ3) is 2.46. The number of anilines is 2. The highest BCUT2D eigenvalue weighted by Crippen LogP contribution is 2.15. The molecule has 0 saturated heterocycles. The Labute approximate surface area is 92.3 Å². The molecule has 0 unspecified atom stereocenters. The third-order valence-electron chi connectivity index (χ3n) is 2.12. The number of benzene rings is 1. The van der Waals surface area contributed by atoms with Crippen molar-refractivity contribution in [2.24, 2.45) is 5.73 Å². The van der Waals surface area contributed by atoms with E-state index in [0.29, 0.717) is 6.54 Å². The van der Waals surface area contributed by atoms with E-state index in [1.54, 1.807) is 6.20 Å². The van der Waals surface area contributed by atoms with Crippen LogP contribution in [0.15, 0.2) is 41.5 Å². The van der Waals surface area contributed by atoms with Crippen LogP contribution in [0.1, 0.15) is 5.56 Å². The van der Waals surface area contributed by atoms with Gasteiger partial charge < -0.3 is 16.0 Å². The molecule has 0 aliphatic carbocycles. The molecule has 1 aromatic heterocycles. The molecule has 0 bridgehead atoms. The van der Waals surface area contributed by atoms with Crippen molar-refractivity contribution in [2.45, 2.75) is 6.54 Å². The van der Waals surface area contributed by atoms with E-state index in [2.05, 4.69) is 15.3 Å². The van der Waals surface area contributed by atoms with Gasteiger partial charge in [-0.05, 0) is 17.7 Å². The van der Waals surface area contributed by atoms with Crippen LogP contribution in [0.3, 0.4) is 0 Å². The molecule has 5 nitrogen and oxygen atoms in total. The minimum absolute atomic E-state index is 0.360. The van der Waals surface area contributed by atoms with Crippen LogP contribution in [-0.2, 0) is 6.54 Å². The summed E-state index contributed by atoms with van der Waals surface area (Å²) in [5.74, 6) is 0. The quantitative estimate of drug-likeness (QED) is 0.713. The average molecular weight is 216 g/mol. The predicted octanol–water partition coefficient (Wildman–Crippen LogP) is 0.972. The molecule has 0 radical (unpaired) electrons. The summed E-state index contributed by atoms with van der Waals surface area (Å²) in [5.41, 5.74) is 7.87. The smallest absolute Gasteiger partial charge is 0.345 e. The Balaban J connectivity index is 2.20. The number of nitrogens with one attached hydrogen (secondary N) is 2. The van der Waals surface area contributed by atoms with Gasteiger partial charge in [0.1, 0.15) is 0 Å². The van der Waals surface area contributed by atoms with Crippen LogP contribution >= 0.6 is 0 Å². The normalized spacial score (nSPS) is 10.1. The Morgan fingerprint density at radius 3 is 2.94 bits per heavy atom. The number of nitrogens with zero attached hydrogens (tertiary/aromatic N) is 1. The lowest BCUT2D eigenvalue weighted by atomic mass is 10.2. The molecule has 0 saturated carbocycles. The zero-order valence-corrected chi connectivity index (χ0v) is 8.60. The van der Waals surface area contributed by atoms with Gasteiger partial charge in [0.25, 0.3) is 0 Å². The number of aromatic amines is 1. The lowest BCUT2D eigenvalue weighted by molar-refractivity contribution is 1.07. The minimum atomic E-state index is -0.360. The number of nitrogens with two attached hydrogens (primary N) is 1. The summed E-state index contributed by atoms with van der Waals surface area (Å²) in [6.07, 6.45) is 3.05. The van der Waals surface area contributed by atoms with E-state index in [1.165, 1.54) is 6.20 Å². The van der Waals surface area contributed by atoms with Gasteiger partial charge in [0.15, 0.2) is 0 Å². The Morgan fingerprint density at radius 1 is 1.38 bits per heavy atom. The van der Waals surface area contributed by atoms with E-state index >= 15 is 0 Å². The van der Waals surface area contributed by atoms with Crippen molar-refractivity contribution in [3.63, 3.8) is 0 Å². The number of hydrogen-bond donors (Lipinski definition) is 3. The first-order valence-electron chi connectivity index (χ1n) is 4.89. The van der Waals surface area contributed by atoms with Gasteiger partial charge in [0.05, 0.1) is 11.9 Å². The summed E-state index contributed by atoms with van der Waals surface area (Å²) in [6, 6.07) is 7.75. The largest absolute Gasteiger partial charge is 0.353 e. The fraction of sp³-hybridized carbons (Fsp3) is 0.0909. The third-order valence-corrected chi connectivity index (χ3v) is 2.12. The Kier molecular flexibility index (Phi) is 2.98. The van der Waals surface area contributed by atoms with Crippen molar-refractivity contribution in [3.8, 4) is 0 Å². The Bertz CT molecular complexity index is 515. The molecule has 4 N–H and O–H groups in total. The first-order valence-corrected chi connectivity index (χ1v) is 4.89. The molecule has 0 aliphatic rings. The van der Waals surface area contributed by atoms with Crippen LogP contribution in [0.4, 0.5) is 11.4 Å². The van der Waals surface area contributed by atoms with Gasteiger partial charge in [-0.25, -0.2) is 4.79 Å². The van der Waals surface area contributed by atoms with E-state index in [4.69, 9.17) is 5.73 Å². The van der Waals surface area contributed by atoms with Crippen LogP contribution in [0.25, 0.3) is 0 Å². The summed E-state index contributed by atoms with van der Waals surface area (Å²) in [7, 11) is 0. The van der Waals surface area contributed by atoms with E-state index in [0.717, 1.165) is 16.9 Å². The topological polar surface area (TPSA) is 83.8 Å². The predicted molar refractivity (Wildman–Crippen MR) is 62.5 cm³/mol. The highest BCUT2D eigenvalue weighted by molar-refractivity contribution is 5.58. The fourth-order valence-electron chi connectivity index (χ4n) is 1.35.